The molecule has 0 aliphatic rings. The van der Waals surface area contributed by atoms with Crippen LogP contribution in [0.2, 0.25) is 0 Å². The van der Waals surface area contributed by atoms with Crippen LogP contribution in [0, 0.1) is 12.7 Å². The topological polar surface area (TPSA) is 69.7 Å². The van der Waals surface area contributed by atoms with Crippen LogP contribution in [0.1, 0.15) is 37.7 Å². The van der Waals surface area contributed by atoms with Crippen molar-refractivity contribution in [1.29, 1.82) is 0 Å². The molecule has 0 aliphatic carbocycles. The summed E-state index contributed by atoms with van der Waals surface area (Å²) in [4.78, 5) is 37.1. The molecule has 0 saturated heterocycles. The zero-order valence-electron chi connectivity index (χ0n) is 13.8. The Morgan fingerprint density at radius 1 is 1.08 bits per heavy atom. The summed E-state index contributed by atoms with van der Waals surface area (Å²) in [5.74, 6) is -1.97. The lowest BCUT2D eigenvalue weighted by Gasteiger charge is -2.06. The summed E-state index contributed by atoms with van der Waals surface area (Å²) >= 11 is 1.37. The van der Waals surface area contributed by atoms with Crippen molar-refractivity contribution in [3.8, 4) is 5.75 Å². The van der Waals surface area contributed by atoms with E-state index < -0.39 is 24.2 Å². The maximum Gasteiger partial charge on any atom is 0.306 e. The Balaban J connectivity index is 1.80. The molecule has 1 heterocycles. The summed E-state index contributed by atoms with van der Waals surface area (Å²) in [6, 6.07) is 7.29. The number of thiophene rings is 1. The van der Waals surface area contributed by atoms with E-state index in [0.717, 1.165) is 10.9 Å². The monoisotopic (exact) mass is 364 g/mol. The molecule has 0 radical (unpaired) electrons. The van der Waals surface area contributed by atoms with Gasteiger partial charge in [0.1, 0.15) is 0 Å². The molecule has 2 aromatic rings. The number of hydrogen-bond donors (Lipinski definition) is 0. The van der Waals surface area contributed by atoms with Crippen LogP contribution in [-0.4, -0.2) is 31.3 Å². The number of carbonyl (C=O) groups excluding carboxylic acids is 3. The van der Waals surface area contributed by atoms with Gasteiger partial charge in [0.2, 0.25) is 0 Å². The van der Waals surface area contributed by atoms with Gasteiger partial charge in [0.25, 0.3) is 0 Å². The van der Waals surface area contributed by atoms with E-state index >= 15 is 0 Å². The normalized spacial score (nSPS) is 10.4. The number of benzene rings is 1. The van der Waals surface area contributed by atoms with Crippen molar-refractivity contribution in [2.45, 2.75) is 19.8 Å². The average Bonchev–Trinajstić information content (AvgIpc) is 3.03. The molecule has 0 unspecified atom stereocenters. The van der Waals surface area contributed by atoms with Crippen molar-refractivity contribution >= 4 is 28.9 Å². The highest BCUT2D eigenvalue weighted by Gasteiger charge is 2.15. The van der Waals surface area contributed by atoms with Gasteiger partial charge in [0, 0.05) is 16.9 Å². The van der Waals surface area contributed by atoms with Crippen molar-refractivity contribution in [1.82, 2.24) is 0 Å². The Labute approximate surface area is 148 Å². The molecule has 0 bridgehead atoms. The zero-order chi connectivity index (χ0) is 18.4. The first-order valence-corrected chi connectivity index (χ1v) is 8.34. The average molecular weight is 364 g/mol. The lowest BCUT2D eigenvalue weighted by atomic mass is 10.1. The van der Waals surface area contributed by atoms with Gasteiger partial charge in [-0.25, -0.2) is 4.39 Å². The standard InChI is InChI=1S/C18H17FO5S/c1-11-3-7-17(25-11)14(20)5-8-18(22)24-10-15(21)12-4-6-16(23-2)13(19)9-12/h3-4,6-7,9H,5,8,10H2,1-2H3. The van der Waals surface area contributed by atoms with Crippen LogP contribution in [0.15, 0.2) is 30.3 Å². The van der Waals surface area contributed by atoms with E-state index in [-0.39, 0.29) is 29.9 Å². The minimum absolute atomic E-state index is 0.0180. The lowest BCUT2D eigenvalue weighted by Crippen LogP contribution is -2.15. The van der Waals surface area contributed by atoms with Gasteiger partial charge in [-0.05, 0) is 37.3 Å². The van der Waals surface area contributed by atoms with Crippen molar-refractivity contribution in [3.05, 3.63) is 51.5 Å². The molecular formula is C18H17FO5S. The first-order valence-electron chi connectivity index (χ1n) is 7.52. The number of aryl methyl sites for hydroxylation is 1. The second kappa shape index (κ2) is 8.53. The zero-order valence-corrected chi connectivity index (χ0v) is 14.7. The molecule has 1 aromatic carbocycles. The summed E-state index contributed by atoms with van der Waals surface area (Å²) in [5, 5.41) is 0. The Kier molecular flexibility index (Phi) is 6.41. The first-order chi connectivity index (χ1) is 11.9. The fourth-order valence-electron chi connectivity index (χ4n) is 2.06. The van der Waals surface area contributed by atoms with Crippen LogP contribution in [0.4, 0.5) is 4.39 Å². The van der Waals surface area contributed by atoms with E-state index in [9.17, 15) is 18.8 Å². The molecule has 0 fully saturated rings. The van der Waals surface area contributed by atoms with E-state index in [1.54, 1.807) is 6.07 Å². The van der Waals surface area contributed by atoms with Crippen LogP contribution in [0.3, 0.4) is 0 Å². The minimum Gasteiger partial charge on any atom is -0.494 e. The largest absolute Gasteiger partial charge is 0.494 e. The van der Waals surface area contributed by atoms with Gasteiger partial charge in [0.05, 0.1) is 18.4 Å². The number of methoxy groups -OCH3 is 1. The molecule has 0 N–H and O–H groups in total. The first kappa shape index (κ1) is 18.8. The smallest absolute Gasteiger partial charge is 0.306 e. The predicted octanol–water partition coefficient (Wildman–Crippen LogP) is 3.59. The number of rotatable bonds is 8. The van der Waals surface area contributed by atoms with Crippen LogP contribution in [-0.2, 0) is 9.53 Å². The number of carbonyl (C=O) groups is 3. The second-order valence-electron chi connectivity index (χ2n) is 5.27. The molecule has 0 atom stereocenters. The predicted molar refractivity (Wildman–Crippen MR) is 90.9 cm³/mol. The molecule has 0 spiro atoms. The van der Waals surface area contributed by atoms with Gasteiger partial charge in [-0.3, -0.25) is 14.4 Å². The van der Waals surface area contributed by atoms with Gasteiger partial charge in [0.15, 0.2) is 29.7 Å². The van der Waals surface area contributed by atoms with Crippen molar-refractivity contribution in [3.63, 3.8) is 0 Å². The van der Waals surface area contributed by atoms with Gasteiger partial charge in [-0.2, -0.15) is 0 Å². The number of ketones is 2. The summed E-state index contributed by atoms with van der Waals surface area (Å²) in [6.07, 6.45) is -0.0931. The van der Waals surface area contributed by atoms with E-state index in [1.165, 1.54) is 30.6 Å². The van der Waals surface area contributed by atoms with Crippen molar-refractivity contribution in [2.24, 2.45) is 0 Å². The molecule has 5 nitrogen and oxygen atoms in total. The summed E-state index contributed by atoms with van der Waals surface area (Å²) in [5.41, 5.74) is 0.0798. The third kappa shape index (κ3) is 5.22. The van der Waals surface area contributed by atoms with Crippen molar-refractivity contribution in [2.75, 3.05) is 13.7 Å². The summed E-state index contributed by atoms with van der Waals surface area (Å²) in [6.45, 7) is 1.39. The fraction of sp³-hybridized carbons (Fsp3) is 0.278. The molecule has 1 aromatic heterocycles. The van der Waals surface area contributed by atoms with Crippen LogP contribution in [0.5, 0.6) is 5.75 Å². The summed E-state index contributed by atoms with van der Waals surface area (Å²) in [7, 11) is 1.32. The maximum atomic E-state index is 13.6. The lowest BCUT2D eigenvalue weighted by molar-refractivity contribution is -0.142. The van der Waals surface area contributed by atoms with Gasteiger partial charge < -0.3 is 9.47 Å². The molecule has 2 rings (SSSR count). The van der Waals surface area contributed by atoms with E-state index in [4.69, 9.17) is 9.47 Å². The maximum absolute atomic E-state index is 13.6. The van der Waals surface area contributed by atoms with E-state index in [0.29, 0.717) is 4.88 Å². The molecule has 25 heavy (non-hydrogen) atoms. The Bertz CT molecular complexity index is 797. The molecule has 7 heteroatoms. The molecular weight excluding hydrogens is 347 g/mol. The highest BCUT2D eigenvalue weighted by Crippen LogP contribution is 2.19. The Morgan fingerprint density at radius 2 is 1.84 bits per heavy atom. The quantitative estimate of drug-likeness (QED) is 0.529. The number of Topliss-reactive ketones (excluding diaryl/α,β-unsaturated/α-hetero) is 2. The highest BCUT2D eigenvalue weighted by atomic mass is 32.1. The third-order valence-corrected chi connectivity index (χ3v) is 4.45. The van der Waals surface area contributed by atoms with E-state index in [2.05, 4.69) is 0 Å². The fourth-order valence-corrected chi connectivity index (χ4v) is 2.90. The third-order valence-electron chi connectivity index (χ3n) is 3.41. The van der Waals surface area contributed by atoms with Gasteiger partial charge >= 0.3 is 5.97 Å². The number of esters is 1. The summed E-state index contributed by atoms with van der Waals surface area (Å²) < 4.78 is 23.2. The minimum atomic E-state index is -0.670. The van der Waals surface area contributed by atoms with Crippen LogP contribution >= 0.6 is 11.3 Å². The van der Waals surface area contributed by atoms with Crippen LogP contribution < -0.4 is 4.74 Å². The number of ether oxygens (including phenoxy) is 2. The molecule has 0 amide bonds. The number of halogens is 1. The van der Waals surface area contributed by atoms with Gasteiger partial charge in [-0.1, -0.05) is 0 Å². The number of hydrogen-bond acceptors (Lipinski definition) is 6. The van der Waals surface area contributed by atoms with E-state index in [1.807, 2.05) is 13.0 Å². The van der Waals surface area contributed by atoms with Gasteiger partial charge in [-0.15, -0.1) is 11.3 Å². The molecule has 0 aliphatic heterocycles. The molecule has 0 saturated carbocycles. The SMILES string of the molecule is COc1ccc(C(=O)COC(=O)CCC(=O)c2ccc(C)s2)cc1F. The second-order valence-corrected chi connectivity index (χ2v) is 6.55. The molecule has 132 valence electrons. The Hall–Kier alpha value is -2.54. The van der Waals surface area contributed by atoms with Crippen molar-refractivity contribution < 1.29 is 28.2 Å². The van der Waals surface area contributed by atoms with Crippen LogP contribution in [0.25, 0.3) is 0 Å². The highest BCUT2D eigenvalue weighted by molar-refractivity contribution is 7.14. The Morgan fingerprint density at radius 3 is 2.44 bits per heavy atom.